The molecule has 0 aromatic heterocycles. The summed E-state index contributed by atoms with van der Waals surface area (Å²) < 4.78 is 5.36. The van der Waals surface area contributed by atoms with E-state index in [-0.39, 0.29) is 12.2 Å². The van der Waals surface area contributed by atoms with Gasteiger partial charge in [0.15, 0.2) is 0 Å². The van der Waals surface area contributed by atoms with Crippen LogP contribution in [-0.4, -0.2) is 31.7 Å². The highest BCUT2D eigenvalue weighted by molar-refractivity contribution is 6.83. The Morgan fingerprint density at radius 2 is 2.00 bits per heavy atom. The van der Waals surface area contributed by atoms with Crippen LogP contribution in [0.3, 0.4) is 0 Å². The fourth-order valence-electron chi connectivity index (χ4n) is 2.04. The monoisotopic (exact) mass is 287 g/mol. The molecule has 1 aliphatic heterocycles. The zero-order valence-corrected chi connectivity index (χ0v) is 13.3. The first kappa shape index (κ1) is 14.7. The standard InChI is InChI=1S/C16H21NO2Si/c1-20(2,3)11-7-10-15-13-17(16(18)19-15)12-14-8-5-4-6-9-14/h4-6,8-9,15H,10,12-13H2,1-3H3. The largest absolute Gasteiger partial charge is 0.443 e. The Balaban J connectivity index is 1.89. The quantitative estimate of drug-likeness (QED) is 0.631. The predicted octanol–water partition coefficient (Wildman–Crippen LogP) is 3.28. The third-order valence-electron chi connectivity index (χ3n) is 2.96. The van der Waals surface area contributed by atoms with Crippen LogP contribution in [0.15, 0.2) is 30.3 Å². The summed E-state index contributed by atoms with van der Waals surface area (Å²) >= 11 is 0. The van der Waals surface area contributed by atoms with E-state index < -0.39 is 8.07 Å². The molecule has 0 saturated carbocycles. The molecule has 1 aromatic rings. The molecule has 1 aromatic carbocycles. The van der Waals surface area contributed by atoms with E-state index in [0.29, 0.717) is 19.5 Å². The highest BCUT2D eigenvalue weighted by Crippen LogP contribution is 2.17. The zero-order valence-electron chi connectivity index (χ0n) is 12.3. The van der Waals surface area contributed by atoms with E-state index in [4.69, 9.17) is 4.74 Å². The number of amides is 1. The Morgan fingerprint density at radius 3 is 2.65 bits per heavy atom. The van der Waals surface area contributed by atoms with Crippen LogP contribution in [0, 0.1) is 11.5 Å². The summed E-state index contributed by atoms with van der Waals surface area (Å²) in [6.07, 6.45) is 0.324. The van der Waals surface area contributed by atoms with Crippen LogP contribution in [0.4, 0.5) is 4.79 Å². The van der Waals surface area contributed by atoms with Crippen molar-refractivity contribution in [1.29, 1.82) is 0 Å². The maximum absolute atomic E-state index is 11.8. The minimum atomic E-state index is -1.34. The first-order valence-corrected chi connectivity index (χ1v) is 10.4. The second-order valence-corrected chi connectivity index (χ2v) is 10.9. The van der Waals surface area contributed by atoms with Gasteiger partial charge in [-0.25, -0.2) is 4.79 Å². The van der Waals surface area contributed by atoms with Gasteiger partial charge in [-0.3, -0.25) is 0 Å². The van der Waals surface area contributed by atoms with Crippen molar-refractivity contribution in [1.82, 2.24) is 4.90 Å². The van der Waals surface area contributed by atoms with E-state index in [2.05, 4.69) is 31.1 Å². The van der Waals surface area contributed by atoms with Crippen LogP contribution in [0.5, 0.6) is 0 Å². The second kappa shape index (κ2) is 6.15. The van der Waals surface area contributed by atoms with E-state index in [1.54, 1.807) is 4.90 Å². The minimum absolute atomic E-state index is 0.0879. The summed E-state index contributed by atoms with van der Waals surface area (Å²) in [4.78, 5) is 13.6. The van der Waals surface area contributed by atoms with Gasteiger partial charge >= 0.3 is 6.09 Å². The van der Waals surface area contributed by atoms with Crippen LogP contribution < -0.4 is 0 Å². The molecule has 0 bridgehead atoms. The number of hydrogen-bond donors (Lipinski definition) is 0. The van der Waals surface area contributed by atoms with Crippen LogP contribution in [0.1, 0.15) is 12.0 Å². The molecule has 4 heteroatoms. The Hall–Kier alpha value is -1.73. The molecule has 3 nitrogen and oxygen atoms in total. The fraction of sp³-hybridized carbons (Fsp3) is 0.438. The van der Waals surface area contributed by atoms with E-state index in [1.807, 2.05) is 30.3 Å². The lowest BCUT2D eigenvalue weighted by Gasteiger charge is -2.12. The topological polar surface area (TPSA) is 29.5 Å². The molecule has 106 valence electrons. The first-order valence-electron chi connectivity index (χ1n) is 6.93. The average Bonchev–Trinajstić information content (AvgIpc) is 2.70. The minimum Gasteiger partial charge on any atom is -0.443 e. The van der Waals surface area contributed by atoms with Gasteiger partial charge in [0.1, 0.15) is 14.2 Å². The smallest absolute Gasteiger partial charge is 0.410 e. The normalized spacial score (nSPS) is 18.4. The summed E-state index contributed by atoms with van der Waals surface area (Å²) in [5, 5.41) is 0. The maximum Gasteiger partial charge on any atom is 0.410 e. The molecule has 2 rings (SSSR count). The van der Waals surface area contributed by atoms with Gasteiger partial charge in [-0.1, -0.05) is 50.0 Å². The van der Waals surface area contributed by atoms with Gasteiger partial charge < -0.3 is 9.64 Å². The highest BCUT2D eigenvalue weighted by atomic mass is 28.3. The zero-order chi connectivity index (χ0) is 14.6. The number of carbonyl (C=O) groups excluding carboxylic acids is 1. The van der Waals surface area contributed by atoms with E-state index in [9.17, 15) is 4.79 Å². The number of rotatable bonds is 3. The molecule has 0 spiro atoms. The number of hydrogen-bond acceptors (Lipinski definition) is 2. The predicted molar refractivity (Wildman–Crippen MR) is 82.9 cm³/mol. The van der Waals surface area contributed by atoms with Crippen LogP contribution in [0.25, 0.3) is 0 Å². The van der Waals surface area contributed by atoms with E-state index in [0.717, 1.165) is 5.56 Å². The van der Waals surface area contributed by atoms with Crippen molar-refractivity contribution in [3.05, 3.63) is 35.9 Å². The van der Waals surface area contributed by atoms with Gasteiger partial charge in [-0.2, -0.15) is 0 Å². The molecule has 0 aliphatic carbocycles. The number of nitrogens with zero attached hydrogens (tertiary/aromatic N) is 1. The van der Waals surface area contributed by atoms with Crippen molar-refractivity contribution in [2.24, 2.45) is 0 Å². The van der Waals surface area contributed by atoms with Crippen molar-refractivity contribution in [3.8, 4) is 11.5 Å². The van der Waals surface area contributed by atoms with Gasteiger partial charge in [0.2, 0.25) is 0 Å². The molecule has 1 atom stereocenters. The first-order chi connectivity index (χ1) is 9.44. The van der Waals surface area contributed by atoms with Crippen LogP contribution in [-0.2, 0) is 11.3 Å². The molecule has 1 amide bonds. The van der Waals surface area contributed by atoms with Gasteiger partial charge in [0.05, 0.1) is 6.54 Å². The van der Waals surface area contributed by atoms with E-state index >= 15 is 0 Å². The molecule has 1 aliphatic rings. The number of carbonyl (C=O) groups is 1. The van der Waals surface area contributed by atoms with Crippen molar-refractivity contribution < 1.29 is 9.53 Å². The molecule has 1 unspecified atom stereocenters. The van der Waals surface area contributed by atoms with Crippen LogP contribution >= 0.6 is 0 Å². The second-order valence-electron chi connectivity index (χ2n) is 6.13. The van der Waals surface area contributed by atoms with Gasteiger partial charge in [-0.15, -0.1) is 11.5 Å². The van der Waals surface area contributed by atoms with Crippen molar-refractivity contribution in [2.45, 2.75) is 38.7 Å². The average molecular weight is 287 g/mol. The summed E-state index contributed by atoms with van der Waals surface area (Å²) in [5.41, 5.74) is 4.43. The lowest BCUT2D eigenvalue weighted by atomic mass is 10.2. The Kier molecular flexibility index (Phi) is 4.51. The SMILES string of the molecule is C[Si](C)(C)C#CCC1CN(Cc2ccccc2)C(=O)O1. The molecule has 1 fully saturated rings. The van der Waals surface area contributed by atoms with Crippen molar-refractivity contribution >= 4 is 14.2 Å². The number of benzene rings is 1. The molecule has 0 N–H and O–H groups in total. The molecular weight excluding hydrogens is 266 g/mol. The summed E-state index contributed by atoms with van der Waals surface area (Å²) in [5.74, 6) is 3.18. The maximum atomic E-state index is 11.8. The molecular formula is C16H21NO2Si. The third kappa shape index (κ3) is 4.43. The molecule has 0 radical (unpaired) electrons. The Labute approximate surface area is 121 Å². The lowest BCUT2D eigenvalue weighted by molar-refractivity contribution is 0.133. The summed E-state index contributed by atoms with van der Waals surface area (Å²) in [6, 6.07) is 9.97. The van der Waals surface area contributed by atoms with Crippen molar-refractivity contribution in [3.63, 3.8) is 0 Å². The molecule has 1 saturated heterocycles. The fourth-order valence-corrected chi connectivity index (χ4v) is 2.68. The van der Waals surface area contributed by atoms with E-state index in [1.165, 1.54) is 0 Å². The lowest BCUT2D eigenvalue weighted by Crippen LogP contribution is -2.24. The molecule has 20 heavy (non-hydrogen) atoms. The Bertz CT molecular complexity index is 525. The highest BCUT2D eigenvalue weighted by Gasteiger charge is 2.30. The van der Waals surface area contributed by atoms with Gasteiger partial charge in [-0.05, 0) is 5.56 Å². The third-order valence-corrected chi connectivity index (χ3v) is 3.89. The number of ether oxygens (including phenoxy) is 1. The summed E-state index contributed by atoms with van der Waals surface area (Å²) in [6.45, 7) is 7.87. The summed E-state index contributed by atoms with van der Waals surface area (Å²) in [7, 11) is -1.34. The van der Waals surface area contributed by atoms with Gasteiger partial charge in [0.25, 0.3) is 0 Å². The van der Waals surface area contributed by atoms with Crippen molar-refractivity contribution in [2.75, 3.05) is 6.54 Å². The van der Waals surface area contributed by atoms with Gasteiger partial charge in [0, 0.05) is 13.0 Å². The Morgan fingerprint density at radius 1 is 1.30 bits per heavy atom. The molecule has 1 heterocycles. The number of cyclic esters (lactones) is 1. The van der Waals surface area contributed by atoms with Crippen LogP contribution in [0.2, 0.25) is 19.6 Å².